The van der Waals surface area contributed by atoms with Crippen LogP contribution in [0.2, 0.25) is 0 Å². The lowest BCUT2D eigenvalue weighted by Gasteiger charge is -2.11. The molecule has 0 bridgehead atoms. The normalized spacial score (nSPS) is 14.8. The van der Waals surface area contributed by atoms with Crippen LogP contribution >= 0.6 is 11.8 Å². The van der Waals surface area contributed by atoms with E-state index in [0.29, 0.717) is 18.3 Å². The molecule has 27 heavy (non-hydrogen) atoms. The zero-order chi connectivity index (χ0) is 18.5. The third-order valence-electron chi connectivity index (χ3n) is 5.04. The van der Waals surface area contributed by atoms with Gasteiger partial charge in [0.25, 0.3) is 0 Å². The van der Waals surface area contributed by atoms with Gasteiger partial charge in [-0.2, -0.15) is 0 Å². The van der Waals surface area contributed by atoms with Crippen LogP contribution in [0, 0.1) is 0 Å². The van der Waals surface area contributed by atoms with E-state index < -0.39 is 0 Å². The number of para-hydroxylation sites is 1. The predicted octanol–water partition coefficient (Wildman–Crippen LogP) is 3.04. The van der Waals surface area contributed by atoms with E-state index in [4.69, 9.17) is 0 Å². The standard InChI is InChI=1S/C19H24N6OS/c26-18(14-27-19-21-22-23-25(19)16-7-2-3-8-16)20-11-5-12-24-13-10-15-6-1-4-9-17(15)24/h1,4,6,9-10,13,16H,2-3,5,7-8,11-12,14H2,(H,20,26). The lowest BCUT2D eigenvalue weighted by molar-refractivity contribution is -0.118. The Morgan fingerprint density at radius 3 is 2.96 bits per heavy atom. The molecule has 1 aromatic carbocycles. The van der Waals surface area contributed by atoms with Crippen LogP contribution in [0.3, 0.4) is 0 Å². The van der Waals surface area contributed by atoms with Gasteiger partial charge < -0.3 is 9.88 Å². The molecule has 7 nitrogen and oxygen atoms in total. The molecule has 0 atom stereocenters. The summed E-state index contributed by atoms with van der Waals surface area (Å²) in [7, 11) is 0. The number of hydrogen-bond donors (Lipinski definition) is 1. The van der Waals surface area contributed by atoms with Crippen LogP contribution in [0.25, 0.3) is 10.9 Å². The first-order valence-electron chi connectivity index (χ1n) is 9.52. The minimum atomic E-state index is 0.0262. The zero-order valence-electron chi connectivity index (χ0n) is 15.3. The maximum absolute atomic E-state index is 12.1. The van der Waals surface area contributed by atoms with E-state index in [-0.39, 0.29) is 5.91 Å². The number of carbonyl (C=O) groups is 1. The smallest absolute Gasteiger partial charge is 0.230 e. The number of benzene rings is 1. The average molecular weight is 385 g/mol. The van der Waals surface area contributed by atoms with E-state index in [1.54, 1.807) is 0 Å². The quantitative estimate of drug-likeness (QED) is 0.477. The molecule has 2 aromatic heterocycles. The Labute approximate surface area is 162 Å². The number of aryl methyl sites for hydroxylation is 1. The highest BCUT2D eigenvalue weighted by Gasteiger charge is 2.21. The van der Waals surface area contributed by atoms with Gasteiger partial charge in [-0.25, -0.2) is 4.68 Å². The largest absolute Gasteiger partial charge is 0.355 e. The van der Waals surface area contributed by atoms with Crippen molar-refractivity contribution in [3.8, 4) is 0 Å². The van der Waals surface area contributed by atoms with Gasteiger partial charge >= 0.3 is 0 Å². The fourth-order valence-corrected chi connectivity index (χ4v) is 4.43. The van der Waals surface area contributed by atoms with Crippen LogP contribution in [0.4, 0.5) is 0 Å². The number of carbonyl (C=O) groups excluding carboxylic acids is 1. The van der Waals surface area contributed by atoms with Crippen molar-refractivity contribution < 1.29 is 4.79 Å². The van der Waals surface area contributed by atoms with E-state index in [0.717, 1.165) is 31.0 Å². The fraction of sp³-hybridized carbons (Fsp3) is 0.474. The summed E-state index contributed by atoms with van der Waals surface area (Å²) in [4.78, 5) is 12.1. The molecule has 8 heteroatoms. The summed E-state index contributed by atoms with van der Waals surface area (Å²) in [5, 5.41) is 16.9. The highest BCUT2D eigenvalue weighted by molar-refractivity contribution is 7.99. The third-order valence-corrected chi connectivity index (χ3v) is 5.98. The van der Waals surface area contributed by atoms with Gasteiger partial charge in [-0.1, -0.05) is 42.8 Å². The van der Waals surface area contributed by atoms with Gasteiger partial charge in [-0.3, -0.25) is 4.79 Å². The van der Waals surface area contributed by atoms with Gasteiger partial charge in [0.05, 0.1) is 11.8 Å². The van der Waals surface area contributed by atoms with Crippen molar-refractivity contribution in [2.45, 2.75) is 49.8 Å². The molecule has 1 amide bonds. The molecule has 0 spiro atoms. The van der Waals surface area contributed by atoms with Gasteiger partial charge in [0.2, 0.25) is 11.1 Å². The zero-order valence-corrected chi connectivity index (χ0v) is 16.1. The highest BCUT2D eigenvalue weighted by Crippen LogP contribution is 2.31. The second-order valence-corrected chi connectivity index (χ2v) is 7.85. The first-order chi connectivity index (χ1) is 13.3. The molecule has 0 unspecified atom stereocenters. The van der Waals surface area contributed by atoms with Crippen molar-refractivity contribution in [2.24, 2.45) is 0 Å². The summed E-state index contributed by atoms with van der Waals surface area (Å²) in [6, 6.07) is 10.9. The topological polar surface area (TPSA) is 77.6 Å². The molecule has 0 aliphatic heterocycles. The van der Waals surface area contributed by atoms with Gasteiger partial charge in [-0.15, -0.1) is 5.10 Å². The second-order valence-electron chi connectivity index (χ2n) is 6.90. The molecular weight excluding hydrogens is 360 g/mol. The molecule has 4 rings (SSSR count). The number of thioether (sulfide) groups is 1. The molecular formula is C19H24N6OS. The van der Waals surface area contributed by atoms with E-state index in [9.17, 15) is 4.79 Å². The van der Waals surface area contributed by atoms with Crippen molar-refractivity contribution in [1.82, 2.24) is 30.1 Å². The molecule has 1 fully saturated rings. The molecule has 0 radical (unpaired) electrons. The van der Waals surface area contributed by atoms with Crippen molar-refractivity contribution in [3.05, 3.63) is 36.5 Å². The minimum Gasteiger partial charge on any atom is -0.355 e. The molecule has 3 aromatic rings. The molecule has 1 saturated carbocycles. The summed E-state index contributed by atoms with van der Waals surface area (Å²) in [6.07, 6.45) is 7.70. The number of aromatic nitrogens is 5. The Hall–Kier alpha value is -2.35. The van der Waals surface area contributed by atoms with E-state index in [1.165, 1.54) is 35.5 Å². The lowest BCUT2D eigenvalue weighted by Crippen LogP contribution is -2.27. The first kappa shape index (κ1) is 18.0. The van der Waals surface area contributed by atoms with Crippen LogP contribution in [0.1, 0.15) is 38.1 Å². The van der Waals surface area contributed by atoms with Crippen molar-refractivity contribution >= 4 is 28.6 Å². The van der Waals surface area contributed by atoms with Crippen LogP contribution < -0.4 is 5.32 Å². The predicted molar refractivity (Wildman–Crippen MR) is 106 cm³/mol. The van der Waals surface area contributed by atoms with Crippen LogP contribution in [0.15, 0.2) is 41.7 Å². The maximum atomic E-state index is 12.1. The van der Waals surface area contributed by atoms with Crippen molar-refractivity contribution in [3.63, 3.8) is 0 Å². The SMILES string of the molecule is O=C(CSc1nnnn1C1CCCC1)NCCCn1ccc2ccccc21. The number of nitrogens with zero attached hydrogens (tertiary/aromatic N) is 5. The Morgan fingerprint density at radius 1 is 1.22 bits per heavy atom. The number of rotatable bonds is 8. The number of fused-ring (bicyclic) bond motifs is 1. The summed E-state index contributed by atoms with van der Waals surface area (Å²) >= 11 is 1.42. The molecule has 1 N–H and O–H groups in total. The van der Waals surface area contributed by atoms with Gasteiger partial charge in [-0.05, 0) is 47.2 Å². The minimum absolute atomic E-state index is 0.0262. The van der Waals surface area contributed by atoms with E-state index in [2.05, 4.69) is 55.9 Å². The average Bonchev–Trinajstić information content (AvgIpc) is 3.44. The number of hydrogen-bond acceptors (Lipinski definition) is 5. The van der Waals surface area contributed by atoms with E-state index >= 15 is 0 Å². The monoisotopic (exact) mass is 384 g/mol. The Balaban J connectivity index is 1.20. The third kappa shape index (κ3) is 4.32. The number of nitrogens with one attached hydrogen (secondary N) is 1. The highest BCUT2D eigenvalue weighted by atomic mass is 32.2. The molecule has 1 aliphatic carbocycles. The fourth-order valence-electron chi connectivity index (χ4n) is 3.65. The van der Waals surface area contributed by atoms with Gasteiger partial charge in [0, 0.05) is 24.8 Å². The number of amides is 1. The van der Waals surface area contributed by atoms with E-state index in [1.807, 2.05) is 10.7 Å². The summed E-state index contributed by atoms with van der Waals surface area (Å²) < 4.78 is 4.12. The Kier molecular flexibility index (Phi) is 5.72. The number of tetrazole rings is 1. The first-order valence-corrected chi connectivity index (χ1v) is 10.5. The second kappa shape index (κ2) is 8.56. The Morgan fingerprint density at radius 2 is 2.07 bits per heavy atom. The molecule has 142 valence electrons. The van der Waals surface area contributed by atoms with Crippen molar-refractivity contribution in [2.75, 3.05) is 12.3 Å². The lowest BCUT2D eigenvalue weighted by atomic mass is 10.2. The Bertz CT molecular complexity index is 898. The van der Waals surface area contributed by atoms with Gasteiger partial charge in [0.15, 0.2) is 0 Å². The molecule has 0 saturated heterocycles. The van der Waals surface area contributed by atoms with Crippen LogP contribution in [-0.2, 0) is 11.3 Å². The van der Waals surface area contributed by atoms with Crippen molar-refractivity contribution in [1.29, 1.82) is 0 Å². The summed E-state index contributed by atoms with van der Waals surface area (Å²) in [5.74, 6) is 0.373. The van der Waals surface area contributed by atoms with Crippen LogP contribution in [0.5, 0.6) is 0 Å². The molecule has 2 heterocycles. The van der Waals surface area contributed by atoms with Gasteiger partial charge in [0.1, 0.15) is 0 Å². The van der Waals surface area contributed by atoms with Crippen LogP contribution in [-0.4, -0.2) is 43.0 Å². The maximum Gasteiger partial charge on any atom is 0.230 e. The summed E-state index contributed by atoms with van der Waals surface area (Å²) in [5.41, 5.74) is 1.23. The molecule has 1 aliphatic rings. The summed E-state index contributed by atoms with van der Waals surface area (Å²) in [6.45, 7) is 1.56.